The molecule has 0 saturated carbocycles. The molecule has 0 amide bonds. The van der Waals surface area contributed by atoms with E-state index < -0.39 is 23.5 Å². The van der Waals surface area contributed by atoms with Gasteiger partial charge in [0.25, 0.3) is 0 Å². The Bertz CT molecular complexity index is 450. The van der Waals surface area contributed by atoms with E-state index in [4.69, 9.17) is 5.73 Å². The van der Waals surface area contributed by atoms with Crippen LogP contribution in [0.2, 0.25) is 0 Å². The normalized spacial score (nSPS) is 14.7. The molecule has 0 saturated heterocycles. The quantitative estimate of drug-likeness (QED) is 0.827. The highest BCUT2D eigenvalue weighted by molar-refractivity contribution is 5.33. The molecule has 1 aromatic carbocycles. The molecule has 1 aromatic rings. The van der Waals surface area contributed by atoms with Crippen molar-refractivity contribution in [3.8, 4) is 0 Å². The lowest BCUT2D eigenvalue weighted by Gasteiger charge is -2.16. The third kappa shape index (κ3) is 3.29. The summed E-state index contributed by atoms with van der Waals surface area (Å²) in [7, 11) is 0. The Morgan fingerprint density at radius 3 is 2.39 bits per heavy atom. The summed E-state index contributed by atoms with van der Waals surface area (Å²) in [6.45, 7) is 1.32. The van der Waals surface area contributed by atoms with Crippen LogP contribution < -0.4 is 5.73 Å². The van der Waals surface area contributed by atoms with E-state index in [-0.39, 0.29) is 24.0 Å². The molecule has 100 valence electrons. The number of hydrogen-bond acceptors (Lipinski definition) is 1. The van der Waals surface area contributed by atoms with Crippen molar-refractivity contribution in [1.29, 1.82) is 0 Å². The maximum atomic E-state index is 13.1. The van der Waals surface area contributed by atoms with Gasteiger partial charge in [0, 0.05) is 12.5 Å². The van der Waals surface area contributed by atoms with Gasteiger partial charge in [-0.2, -0.15) is 13.2 Å². The maximum Gasteiger partial charge on any atom is 0.416 e. The monoisotopic (exact) mass is 265 g/mol. The van der Waals surface area contributed by atoms with Gasteiger partial charge in [-0.15, -0.1) is 0 Å². The standard InChI is InChI=1S/C12H12F5N/c1-7(9(5-13)6-18)8-2-10(12(15,16)17)4-11(14)3-8/h2-5,7H,6,18H2,1H3/b9-5-. The lowest BCUT2D eigenvalue weighted by atomic mass is 9.92. The molecule has 0 aliphatic rings. The topological polar surface area (TPSA) is 26.0 Å². The molecule has 1 rings (SSSR count). The van der Waals surface area contributed by atoms with Gasteiger partial charge in [0.05, 0.1) is 11.9 Å². The Balaban J connectivity index is 3.22. The van der Waals surface area contributed by atoms with Crippen LogP contribution in [0.15, 0.2) is 30.1 Å². The van der Waals surface area contributed by atoms with Gasteiger partial charge in [0.1, 0.15) is 5.82 Å². The van der Waals surface area contributed by atoms with Gasteiger partial charge in [-0.1, -0.05) is 6.92 Å². The van der Waals surface area contributed by atoms with Crippen LogP contribution in [-0.4, -0.2) is 6.54 Å². The molecule has 1 unspecified atom stereocenters. The lowest BCUT2D eigenvalue weighted by molar-refractivity contribution is -0.137. The summed E-state index contributed by atoms with van der Waals surface area (Å²) in [5, 5.41) is 0. The Labute approximate surface area is 101 Å². The van der Waals surface area contributed by atoms with Crippen LogP contribution in [0.1, 0.15) is 24.0 Å². The van der Waals surface area contributed by atoms with Crippen molar-refractivity contribution in [3.63, 3.8) is 0 Å². The molecular formula is C12H12F5N. The first-order valence-corrected chi connectivity index (χ1v) is 5.16. The minimum Gasteiger partial charge on any atom is -0.327 e. The van der Waals surface area contributed by atoms with Crippen LogP contribution in [0, 0.1) is 5.82 Å². The molecule has 0 spiro atoms. The van der Waals surface area contributed by atoms with Gasteiger partial charge in [-0.05, 0) is 29.3 Å². The molecule has 1 atom stereocenters. The van der Waals surface area contributed by atoms with Crippen LogP contribution in [0.4, 0.5) is 22.0 Å². The average Bonchev–Trinajstić information content (AvgIpc) is 2.28. The molecular weight excluding hydrogens is 253 g/mol. The van der Waals surface area contributed by atoms with Crippen molar-refractivity contribution in [2.24, 2.45) is 5.73 Å². The molecule has 2 N–H and O–H groups in total. The molecule has 6 heteroatoms. The third-order valence-corrected chi connectivity index (χ3v) is 2.68. The first kappa shape index (κ1) is 14.6. The zero-order valence-electron chi connectivity index (χ0n) is 9.56. The molecule has 0 radical (unpaired) electrons. The maximum absolute atomic E-state index is 13.1. The van der Waals surface area contributed by atoms with Crippen molar-refractivity contribution in [3.05, 3.63) is 47.0 Å². The number of halogens is 5. The van der Waals surface area contributed by atoms with Gasteiger partial charge < -0.3 is 5.73 Å². The first-order valence-electron chi connectivity index (χ1n) is 5.16. The number of rotatable bonds is 3. The van der Waals surface area contributed by atoms with Crippen molar-refractivity contribution in [2.75, 3.05) is 6.54 Å². The fourth-order valence-electron chi connectivity index (χ4n) is 1.56. The predicted molar refractivity (Wildman–Crippen MR) is 58.1 cm³/mol. The third-order valence-electron chi connectivity index (χ3n) is 2.68. The smallest absolute Gasteiger partial charge is 0.327 e. The van der Waals surface area contributed by atoms with Crippen LogP contribution in [0.25, 0.3) is 0 Å². The van der Waals surface area contributed by atoms with E-state index in [9.17, 15) is 22.0 Å². The fourth-order valence-corrected chi connectivity index (χ4v) is 1.56. The summed E-state index contributed by atoms with van der Waals surface area (Å²) in [5.41, 5.74) is 4.31. The summed E-state index contributed by atoms with van der Waals surface area (Å²) in [6, 6.07) is 2.14. The second kappa shape index (κ2) is 5.48. The highest BCUT2D eigenvalue weighted by Crippen LogP contribution is 2.33. The van der Waals surface area contributed by atoms with Gasteiger partial charge in [-0.3, -0.25) is 0 Å². The fraction of sp³-hybridized carbons (Fsp3) is 0.333. The second-order valence-corrected chi connectivity index (χ2v) is 3.88. The summed E-state index contributed by atoms with van der Waals surface area (Å²) in [6.07, 6.45) is -4.40. The van der Waals surface area contributed by atoms with Gasteiger partial charge in [0.2, 0.25) is 0 Å². The Morgan fingerprint density at radius 2 is 1.94 bits per heavy atom. The van der Waals surface area contributed by atoms with E-state index in [1.165, 1.54) is 6.92 Å². The SMILES string of the molecule is CC(/C(=C\F)CN)c1cc(F)cc(C(F)(F)F)c1. The van der Waals surface area contributed by atoms with Gasteiger partial charge in [-0.25, -0.2) is 8.78 Å². The molecule has 0 aromatic heterocycles. The number of alkyl halides is 3. The van der Waals surface area contributed by atoms with Crippen molar-refractivity contribution >= 4 is 0 Å². The lowest BCUT2D eigenvalue weighted by Crippen LogP contribution is -2.12. The van der Waals surface area contributed by atoms with E-state index >= 15 is 0 Å². The van der Waals surface area contributed by atoms with Crippen molar-refractivity contribution in [1.82, 2.24) is 0 Å². The predicted octanol–water partition coefficient (Wildman–Crippen LogP) is 3.76. The molecule has 0 heterocycles. The summed E-state index contributed by atoms with van der Waals surface area (Å²) in [5.74, 6) is -1.72. The van der Waals surface area contributed by atoms with Gasteiger partial charge in [0.15, 0.2) is 0 Å². The summed E-state index contributed by atoms with van der Waals surface area (Å²) >= 11 is 0. The Kier molecular flexibility index (Phi) is 4.45. The van der Waals surface area contributed by atoms with E-state index in [1.54, 1.807) is 0 Å². The number of nitrogens with two attached hydrogens (primary N) is 1. The van der Waals surface area contributed by atoms with E-state index in [1.807, 2.05) is 0 Å². The van der Waals surface area contributed by atoms with Crippen LogP contribution >= 0.6 is 0 Å². The number of hydrogen-bond donors (Lipinski definition) is 1. The minimum absolute atomic E-state index is 0.0386. The van der Waals surface area contributed by atoms with Gasteiger partial charge >= 0.3 is 6.18 Å². The molecule has 0 aliphatic heterocycles. The van der Waals surface area contributed by atoms with Crippen LogP contribution in [-0.2, 0) is 6.18 Å². The van der Waals surface area contributed by atoms with E-state index in [2.05, 4.69) is 0 Å². The molecule has 0 fully saturated rings. The van der Waals surface area contributed by atoms with E-state index in [0.29, 0.717) is 6.07 Å². The molecule has 1 nitrogen and oxygen atoms in total. The van der Waals surface area contributed by atoms with Crippen molar-refractivity contribution < 1.29 is 22.0 Å². The molecule has 0 bridgehead atoms. The highest BCUT2D eigenvalue weighted by Gasteiger charge is 2.31. The highest BCUT2D eigenvalue weighted by atomic mass is 19.4. The largest absolute Gasteiger partial charge is 0.416 e. The minimum atomic E-state index is -4.64. The number of benzene rings is 1. The first-order chi connectivity index (χ1) is 8.29. The van der Waals surface area contributed by atoms with Crippen molar-refractivity contribution in [2.45, 2.75) is 19.0 Å². The zero-order valence-corrected chi connectivity index (χ0v) is 9.56. The van der Waals surface area contributed by atoms with Crippen LogP contribution in [0.3, 0.4) is 0 Å². The second-order valence-electron chi connectivity index (χ2n) is 3.88. The van der Waals surface area contributed by atoms with E-state index in [0.717, 1.165) is 12.1 Å². The molecule has 18 heavy (non-hydrogen) atoms. The zero-order chi connectivity index (χ0) is 13.9. The van der Waals surface area contributed by atoms with Crippen LogP contribution in [0.5, 0.6) is 0 Å². The molecule has 0 aliphatic carbocycles. The Morgan fingerprint density at radius 1 is 1.33 bits per heavy atom. The summed E-state index contributed by atoms with van der Waals surface area (Å²) < 4.78 is 63.1. The average molecular weight is 265 g/mol. The Hall–Kier alpha value is -1.43. The summed E-state index contributed by atoms with van der Waals surface area (Å²) in [4.78, 5) is 0.